The van der Waals surface area contributed by atoms with Gasteiger partial charge in [-0.2, -0.15) is 0 Å². The minimum Gasteiger partial charge on any atom is -0.497 e. The van der Waals surface area contributed by atoms with Crippen LogP contribution >= 0.6 is 11.6 Å². The van der Waals surface area contributed by atoms with Crippen molar-refractivity contribution in [2.75, 3.05) is 7.11 Å². The first-order chi connectivity index (χ1) is 9.02. The molecule has 0 fully saturated rings. The van der Waals surface area contributed by atoms with Crippen LogP contribution in [0, 0.1) is 12.8 Å². The minimum atomic E-state index is -0.0811. The summed E-state index contributed by atoms with van der Waals surface area (Å²) >= 11 is 6.48. The van der Waals surface area contributed by atoms with Crippen molar-refractivity contribution < 1.29 is 4.74 Å². The van der Waals surface area contributed by atoms with E-state index in [-0.39, 0.29) is 5.38 Å². The molecule has 1 heterocycles. The predicted molar refractivity (Wildman–Crippen MR) is 78.7 cm³/mol. The standard InChI is InChI=1S/C15H19ClN2O/c1-9(2)13(16)15-14(17-10(3)18-15)11-6-5-7-12(8-11)19-4/h5-9,13H,1-4H3,(H,17,18). The molecule has 0 aliphatic rings. The predicted octanol–water partition coefficient (Wildman–Crippen LogP) is 4.33. The zero-order valence-corrected chi connectivity index (χ0v) is 12.5. The average molecular weight is 279 g/mol. The molecule has 4 heteroatoms. The fraction of sp³-hybridized carbons (Fsp3) is 0.400. The van der Waals surface area contributed by atoms with Crippen LogP contribution in [0.2, 0.25) is 0 Å². The largest absolute Gasteiger partial charge is 0.497 e. The number of ether oxygens (including phenoxy) is 1. The Morgan fingerprint density at radius 1 is 1.32 bits per heavy atom. The van der Waals surface area contributed by atoms with E-state index in [4.69, 9.17) is 16.3 Å². The number of aromatic nitrogens is 2. The first-order valence-electron chi connectivity index (χ1n) is 6.38. The number of imidazole rings is 1. The van der Waals surface area contributed by atoms with Crippen LogP contribution in [0.5, 0.6) is 5.75 Å². The molecule has 3 nitrogen and oxygen atoms in total. The Morgan fingerprint density at radius 2 is 2.05 bits per heavy atom. The summed E-state index contributed by atoms with van der Waals surface area (Å²) in [5.74, 6) is 2.03. The molecule has 0 saturated heterocycles. The van der Waals surface area contributed by atoms with Crippen LogP contribution in [-0.2, 0) is 0 Å². The van der Waals surface area contributed by atoms with Crippen molar-refractivity contribution in [2.24, 2.45) is 5.92 Å². The number of rotatable bonds is 4. The van der Waals surface area contributed by atoms with Gasteiger partial charge in [0.2, 0.25) is 0 Å². The molecule has 0 saturated carbocycles. The maximum atomic E-state index is 6.48. The van der Waals surface area contributed by atoms with Gasteiger partial charge in [0.25, 0.3) is 0 Å². The smallest absolute Gasteiger partial charge is 0.119 e. The van der Waals surface area contributed by atoms with Gasteiger partial charge in [0.05, 0.1) is 23.9 Å². The number of halogens is 1. The van der Waals surface area contributed by atoms with Gasteiger partial charge in [-0.25, -0.2) is 4.98 Å². The highest BCUT2D eigenvalue weighted by atomic mass is 35.5. The number of hydrogen-bond acceptors (Lipinski definition) is 2. The molecule has 102 valence electrons. The summed E-state index contributed by atoms with van der Waals surface area (Å²) in [6, 6.07) is 7.87. The summed E-state index contributed by atoms with van der Waals surface area (Å²) in [5.41, 5.74) is 2.90. The van der Waals surface area contributed by atoms with Crippen molar-refractivity contribution in [3.63, 3.8) is 0 Å². The van der Waals surface area contributed by atoms with Crippen LogP contribution in [0.3, 0.4) is 0 Å². The Kier molecular flexibility index (Phi) is 4.15. The van der Waals surface area contributed by atoms with Crippen LogP contribution in [-0.4, -0.2) is 17.1 Å². The van der Waals surface area contributed by atoms with Gasteiger partial charge in [0.15, 0.2) is 0 Å². The second-order valence-corrected chi connectivity index (χ2v) is 5.43. The summed E-state index contributed by atoms with van der Waals surface area (Å²) in [6.07, 6.45) is 0. The lowest BCUT2D eigenvalue weighted by Gasteiger charge is -2.13. The number of methoxy groups -OCH3 is 1. The summed E-state index contributed by atoms with van der Waals surface area (Å²) < 4.78 is 5.26. The molecule has 2 aromatic rings. The van der Waals surface area contributed by atoms with Crippen LogP contribution in [0.4, 0.5) is 0 Å². The van der Waals surface area contributed by atoms with E-state index in [9.17, 15) is 0 Å². The topological polar surface area (TPSA) is 37.9 Å². The van der Waals surface area contributed by atoms with Gasteiger partial charge < -0.3 is 9.72 Å². The first-order valence-corrected chi connectivity index (χ1v) is 6.81. The Balaban J connectivity index is 2.49. The Hall–Kier alpha value is -1.48. The summed E-state index contributed by atoms with van der Waals surface area (Å²) in [4.78, 5) is 7.84. The lowest BCUT2D eigenvalue weighted by Crippen LogP contribution is -2.01. The number of aromatic amines is 1. The molecule has 1 unspecified atom stereocenters. The van der Waals surface area contributed by atoms with Crippen molar-refractivity contribution in [3.05, 3.63) is 35.8 Å². The lowest BCUT2D eigenvalue weighted by atomic mass is 10.0. The Labute approximate surface area is 119 Å². The highest BCUT2D eigenvalue weighted by molar-refractivity contribution is 6.21. The molecule has 1 atom stereocenters. The molecular formula is C15H19ClN2O. The van der Waals surface area contributed by atoms with Gasteiger partial charge in [-0.1, -0.05) is 26.0 Å². The normalized spacial score (nSPS) is 12.7. The summed E-state index contributed by atoms with van der Waals surface area (Å²) in [5, 5.41) is -0.0811. The SMILES string of the molecule is COc1cccc(-c2nc(C)[nH]c2C(Cl)C(C)C)c1. The molecule has 0 spiro atoms. The second-order valence-electron chi connectivity index (χ2n) is 4.96. The first kappa shape index (κ1) is 13.9. The highest BCUT2D eigenvalue weighted by Gasteiger charge is 2.21. The van der Waals surface area contributed by atoms with E-state index < -0.39 is 0 Å². The number of aryl methyl sites for hydroxylation is 1. The van der Waals surface area contributed by atoms with Crippen LogP contribution in [0.15, 0.2) is 24.3 Å². The second kappa shape index (κ2) is 5.66. The van der Waals surface area contributed by atoms with E-state index >= 15 is 0 Å². The third kappa shape index (κ3) is 2.92. The molecular weight excluding hydrogens is 260 g/mol. The van der Waals surface area contributed by atoms with E-state index in [1.807, 2.05) is 31.2 Å². The Morgan fingerprint density at radius 3 is 2.68 bits per heavy atom. The minimum absolute atomic E-state index is 0.0811. The number of nitrogens with one attached hydrogen (secondary N) is 1. The van der Waals surface area contributed by atoms with Gasteiger partial charge in [-0.15, -0.1) is 11.6 Å². The molecule has 0 aliphatic heterocycles. The monoisotopic (exact) mass is 278 g/mol. The third-order valence-electron chi connectivity index (χ3n) is 3.05. The third-order valence-corrected chi connectivity index (χ3v) is 3.78. The average Bonchev–Trinajstić information content (AvgIpc) is 2.79. The van der Waals surface area contributed by atoms with E-state index in [1.165, 1.54) is 0 Å². The number of hydrogen-bond donors (Lipinski definition) is 1. The maximum absolute atomic E-state index is 6.48. The Bertz CT molecular complexity index is 563. The zero-order chi connectivity index (χ0) is 14.0. The zero-order valence-electron chi connectivity index (χ0n) is 11.7. The van der Waals surface area contributed by atoms with Gasteiger partial charge >= 0.3 is 0 Å². The fourth-order valence-electron chi connectivity index (χ4n) is 2.03. The molecule has 1 aromatic heterocycles. The molecule has 0 radical (unpaired) electrons. The number of H-pyrrole nitrogens is 1. The van der Waals surface area contributed by atoms with Crippen molar-refractivity contribution in [1.82, 2.24) is 9.97 Å². The van der Waals surface area contributed by atoms with Gasteiger partial charge in [0, 0.05) is 5.56 Å². The van der Waals surface area contributed by atoms with Gasteiger partial charge in [0.1, 0.15) is 11.6 Å². The van der Waals surface area contributed by atoms with E-state index in [2.05, 4.69) is 23.8 Å². The number of benzene rings is 1. The van der Waals surface area contributed by atoms with Crippen molar-refractivity contribution in [1.29, 1.82) is 0 Å². The van der Waals surface area contributed by atoms with Crippen LogP contribution in [0.1, 0.15) is 30.7 Å². The molecule has 1 aromatic carbocycles. The molecule has 19 heavy (non-hydrogen) atoms. The van der Waals surface area contributed by atoms with Crippen LogP contribution in [0.25, 0.3) is 11.3 Å². The summed E-state index contributed by atoms with van der Waals surface area (Å²) in [6.45, 7) is 6.14. The van der Waals surface area contributed by atoms with Crippen molar-refractivity contribution in [3.8, 4) is 17.0 Å². The van der Waals surface area contributed by atoms with Crippen molar-refractivity contribution in [2.45, 2.75) is 26.1 Å². The van der Waals surface area contributed by atoms with E-state index in [0.29, 0.717) is 5.92 Å². The maximum Gasteiger partial charge on any atom is 0.119 e. The van der Waals surface area contributed by atoms with Crippen LogP contribution < -0.4 is 4.74 Å². The van der Waals surface area contributed by atoms with E-state index in [1.54, 1.807) is 7.11 Å². The number of nitrogens with zero attached hydrogens (tertiary/aromatic N) is 1. The number of alkyl halides is 1. The fourth-order valence-corrected chi connectivity index (χ4v) is 2.19. The molecule has 0 amide bonds. The van der Waals surface area contributed by atoms with Crippen molar-refractivity contribution >= 4 is 11.6 Å². The van der Waals surface area contributed by atoms with Gasteiger partial charge in [-0.3, -0.25) is 0 Å². The molecule has 0 aliphatic carbocycles. The van der Waals surface area contributed by atoms with Gasteiger partial charge in [-0.05, 0) is 25.0 Å². The molecule has 0 bridgehead atoms. The molecule has 2 rings (SSSR count). The van der Waals surface area contributed by atoms with E-state index in [0.717, 1.165) is 28.5 Å². The highest BCUT2D eigenvalue weighted by Crippen LogP contribution is 2.35. The quantitative estimate of drug-likeness (QED) is 0.845. The summed E-state index contributed by atoms with van der Waals surface area (Å²) in [7, 11) is 1.66. The molecule has 1 N–H and O–H groups in total. The lowest BCUT2D eigenvalue weighted by molar-refractivity contribution is 0.415.